The van der Waals surface area contributed by atoms with E-state index in [0.717, 1.165) is 16.5 Å². The summed E-state index contributed by atoms with van der Waals surface area (Å²) in [5.41, 5.74) is 1.23. The van der Waals surface area contributed by atoms with Gasteiger partial charge in [-0.15, -0.1) is 0 Å². The monoisotopic (exact) mass is 452 g/mol. The molecule has 1 aliphatic heterocycles. The maximum Gasteiger partial charge on any atom is 0.328 e. The molecule has 0 bridgehead atoms. The highest BCUT2D eigenvalue weighted by Crippen LogP contribution is 2.29. The number of benzene rings is 2. The number of carboxylic acids is 1. The van der Waals surface area contributed by atoms with Gasteiger partial charge in [-0.1, -0.05) is 24.3 Å². The van der Waals surface area contributed by atoms with Crippen molar-refractivity contribution < 1.29 is 33.8 Å². The molecule has 9 heteroatoms. The molecule has 0 unspecified atom stereocenters. The topological polar surface area (TPSA) is 113 Å². The second-order valence-electron chi connectivity index (χ2n) is 7.27. The van der Waals surface area contributed by atoms with Crippen molar-refractivity contribution in [1.29, 1.82) is 0 Å². The van der Waals surface area contributed by atoms with Crippen LogP contribution in [-0.4, -0.2) is 60.5 Å². The number of anilines is 1. The van der Waals surface area contributed by atoms with Gasteiger partial charge >= 0.3 is 5.97 Å². The summed E-state index contributed by atoms with van der Waals surface area (Å²) >= 11 is 0. The normalized spacial score (nSPS) is 15.7. The molecule has 0 aliphatic carbocycles. The van der Waals surface area contributed by atoms with Gasteiger partial charge in [0.25, 0.3) is 5.91 Å². The Balaban J connectivity index is 1.86. The second-order valence-corrected chi connectivity index (χ2v) is 7.27. The highest BCUT2D eigenvalue weighted by molar-refractivity contribution is 6.23. The minimum atomic E-state index is -1.29. The molecule has 0 saturated carbocycles. The number of carboxylic acid groups (broad SMARTS) is 1. The van der Waals surface area contributed by atoms with Crippen LogP contribution in [0.3, 0.4) is 0 Å². The molecule has 9 nitrogen and oxygen atoms in total. The summed E-state index contributed by atoms with van der Waals surface area (Å²) in [6, 6.07) is 12.7. The summed E-state index contributed by atoms with van der Waals surface area (Å²) in [6.45, 7) is 0.0879. The van der Waals surface area contributed by atoms with Gasteiger partial charge in [-0.25, -0.2) is 9.69 Å². The Morgan fingerprint density at radius 3 is 2.39 bits per heavy atom. The van der Waals surface area contributed by atoms with Crippen molar-refractivity contribution in [3.8, 4) is 11.5 Å². The van der Waals surface area contributed by atoms with Gasteiger partial charge in [0.2, 0.25) is 11.8 Å². The Kier molecular flexibility index (Phi) is 7.45. The third-order valence-electron chi connectivity index (χ3n) is 5.25. The predicted octanol–water partition coefficient (Wildman–Crippen LogP) is 2.05. The zero-order chi connectivity index (χ0) is 24.0. The molecule has 0 radical (unpaired) electrons. The molecule has 0 spiro atoms. The maximum atomic E-state index is 13.1. The Morgan fingerprint density at radius 2 is 1.76 bits per heavy atom. The average molecular weight is 452 g/mol. The fraction of sp³-hybridized carbons (Fsp3) is 0.250. The molecule has 3 amide bonds. The minimum absolute atomic E-state index is 0.0879. The van der Waals surface area contributed by atoms with Crippen molar-refractivity contribution in [2.24, 2.45) is 0 Å². The summed E-state index contributed by atoms with van der Waals surface area (Å²) in [7, 11) is 3.03. The third kappa shape index (κ3) is 5.38. The summed E-state index contributed by atoms with van der Waals surface area (Å²) in [6.07, 6.45) is 1.75. The van der Waals surface area contributed by atoms with Crippen LogP contribution in [0.25, 0.3) is 0 Å². The number of rotatable bonds is 9. The Hall–Kier alpha value is -4.14. The van der Waals surface area contributed by atoms with Crippen LogP contribution in [-0.2, 0) is 25.6 Å². The van der Waals surface area contributed by atoms with Gasteiger partial charge < -0.3 is 19.5 Å². The molecule has 1 atom stereocenters. The van der Waals surface area contributed by atoms with E-state index in [1.54, 1.807) is 48.5 Å². The van der Waals surface area contributed by atoms with E-state index < -0.39 is 29.7 Å². The third-order valence-corrected chi connectivity index (χ3v) is 5.25. The number of aliphatic carboxylic acids is 1. The largest absolute Gasteiger partial charge is 0.493 e. The molecule has 3 rings (SSSR count). The van der Waals surface area contributed by atoms with Gasteiger partial charge in [-0.05, 0) is 36.2 Å². The van der Waals surface area contributed by atoms with Crippen LogP contribution in [0.2, 0.25) is 0 Å². The van der Waals surface area contributed by atoms with Crippen molar-refractivity contribution in [2.45, 2.75) is 18.9 Å². The number of nitrogens with zero attached hydrogens (tertiary/aromatic N) is 2. The molecular weight excluding hydrogens is 428 g/mol. The number of hydrogen-bond acceptors (Lipinski definition) is 6. The van der Waals surface area contributed by atoms with E-state index in [2.05, 4.69) is 0 Å². The molecule has 2 aromatic carbocycles. The van der Waals surface area contributed by atoms with Crippen LogP contribution in [0.15, 0.2) is 60.7 Å². The van der Waals surface area contributed by atoms with Gasteiger partial charge in [0.1, 0.15) is 6.04 Å². The molecule has 172 valence electrons. The molecule has 1 heterocycles. The summed E-state index contributed by atoms with van der Waals surface area (Å²) in [4.78, 5) is 51.8. The number of amides is 3. The lowest BCUT2D eigenvalue weighted by Crippen LogP contribution is -2.45. The van der Waals surface area contributed by atoms with Crippen molar-refractivity contribution in [3.05, 3.63) is 66.2 Å². The zero-order valence-corrected chi connectivity index (χ0v) is 18.3. The van der Waals surface area contributed by atoms with Crippen LogP contribution in [0.5, 0.6) is 11.5 Å². The van der Waals surface area contributed by atoms with Crippen molar-refractivity contribution in [1.82, 2.24) is 4.90 Å². The van der Waals surface area contributed by atoms with Gasteiger partial charge in [-0.2, -0.15) is 0 Å². The molecule has 1 aliphatic rings. The number of para-hydroxylation sites is 1. The first-order valence-electron chi connectivity index (χ1n) is 10.2. The second kappa shape index (κ2) is 10.4. The lowest BCUT2D eigenvalue weighted by atomic mass is 10.1. The van der Waals surface area contributed by atoms with Crippen LogP contribution in [0.1, 0.15) is 12.0 Å². The highest BCUT2D eigenvalue weighted by atomic mass is 16.5. The quantitative estimate of drug-likeness (QED) is 0.458. The van der Waals surface area contributed by atoms with E-state index in [9.17, 15) is 19.2 Å². The van der Waals surface area contributed by atoms with Gasteiger partial charge in [-0.3, -0.25) is 14.4 Å². The molecule has 0 aromatic heterocycles. The SMILES string of the molecule is COc1ccc(CCN(C(=O)/C=C/C(=O)O)[C@@H]2CC(=O)N(c3ccccc3)C2=O)cc1OC. The van der Waals surface area contributed by atoms with E-state index in [1.165, 1.54) is 19.1 Å². The summed E-state index contributed by atoms with van der Waals surface area (Å²) in [5, 5.41) is 8.90. The first kappa shape index (κ1) is 23.5. The Bertz CT molecular complexity index is 1080. The average Bonchev–Trinajstić information content (AvgIpc) is 3.11. The van der Waals surface area contributed by atoms with Gasteiger partial charge in [0.15, 0.2) is 11.5 Å². The van der Waals surface area contributed by atoms with E-state index in [0.29, 0.717) is 29.7 Å². The summed E-state index contributed by atoms with van der Waals surface area (Å²) < 4.78 is 10.5. The van der Waals surface area contributed by atoms with Gasteiger partial charge in [0, 0.05) is 18.7 Å². The van der Waals surface area contributed by atoms with Crippen LogP contribution < -0.4 is 14.4 Å². The van der Waals surface area contributed by atoms with Crippen molar-refractivity contribution >= 4 is 29.4 Å². The van der Waals surface area contributed by atoms with Gasteiger partial charge in [0.05, 0.1) is 26.3 Å². The first-order chi connectivity index (χ1) is 15.8. The van der Waals surface area contributed by atoms with Crippen molar-refractivity contribution in [2.75, 3.05) is 25.7 Å². The minimum Gasteiger partial charge on any atom is -0.493 e. The van der Waals surface area contributed by atoms with E-state index >= 15 is 0 Å². The maximum absolute atomic E-state index is 13.1. The molecular formula is C24H24N2O7. The molecule has 1 fully saturated rings. The first-order valence-corrected chi connectivity index (χ1v) is 10.2. The fourth-order valence-corrected chi connectivity index (χ4v) is 3.65. The lowest BCUT2D eigenvalue weighted by molar-refractivity contribution is -0.135. The standard InChI is InChI=1S/C24H24N2O7/c1-32-19-9-8-16(14-20(19)33-2)12-13-25(21(27)10-11-23(29)30)18-15-22(28)26(24(18)31)17-6-4-3-5-7-17/h3-11,14,18H,12-13,15H2,1-2H3,(H,29,30)/b11-10+/t18-/m1/s1. The van der Waals surface area contributed by atoms with Crippen LogP contribution in [0, 0.1) is 0 Å². The molecule has 1 saturated heterocycles. The highest BCUT2D eigenvalue weighted by Gasteiger charge is 2.43. The van der Waals surface area contributed by atoms with E-state index in [4.69, 9.17) is 14.6 Å². The van der Waals surface area contributed by atoms with E-state index in [1.807, 2.05) is 0 Å². The number of hydrogen-bond donors (Lipinski definition) is 1. The molecule has 1 N–H and O–H groups in total. The molecule has 33 heavy (non-hydrogen) atoms. The number of carbonyl (C=O) groups excluding carboxylic acids is 3. The number of methoxy groups -OCH3 is 2. The number of carbonyl (C=O) groups is 4. The predicted molar refractivity (Wildman–Crippen MR) is 119 cm³/mol. The zero-order valence-electron chi connectivity index (χ0n) is 18.3. The molecule has 2 aromatic rings. The van der Waals surface area contributed by atoms with Crippen molar-refractivity contribution in [3.63, 3.8) is 0 Å². The van der Waals surface area contributed by atoms with E-state index in [-0.39, 0.29) is 13.0 Å². The fourth-order valence-electron chi connectivity index (χ4n) is 3.65. The summed E-state index contributed by atoms with van der Waals surface area (Å²) in [5.74, 6) is -1.85. The lowest BCUT2D eigenvalue weighted by Gasteiger charge is -2.26. The smallest absolute Gasteiger partial charge is 0.328 e. The Morgan fingerprint density at radius 1 is 1.06 bits per heavy atom. The number of imide groups is 1. The number of ether oxygens (including phenoxy) is 2. The van der Waals surface area contributed by atoms with Crippen LogP contribution >= 0.6 is 0 Å². The Labute approximate surface area is 190 Å². The van der Waals surface area contributed by atoms with Crippen LogP contribution in [0.4, 0.5) is 5.69 Å².